The first-order valence-corrected chi connectivity index (χ1v) is 4.26. The van der Waals surface area contributed by atoms with E-state index in [2.05, 4.69) is 22.6 Å². The predicted molar refractivity (Wildman–Crippen MR) is 38.6 cm³/mol. The summed E-state index contributed by atoms with van der Waals surface area (Å²) in [5, 5.41) is 0. The van der Waals surface area contributed by atoms with E-state index in [4.69, 9.17) is 0 Å². The minimum Gasteiger partial charge on any atom is -0.0823 e. The summed E-state index contributed by atoms with van der Waals surface area (Å²) in [7, 11) is 0. The number of rotatable bonds is 0. The molecule has 0 amide bonds. The van der Waals surface area contributed by atoms with E-state index in [-0.39, 0.29) is 0 Å². The van der Waals surface area contributed by atoms with Crippen molar-refractivity contribution >= 4 is 22.6 Å². The Kier molecular flexibility index (Phi) is 0.895. The molecule has 0 heterocycles. The molecule has 1 heteroatoms. The molecule has 0 N–H and O–H groups in total. The molecule has 2 saturated carbocycles. The molecule has 2 aliphatic carbocycles. The molecule has 0 aromatic carbocycles. The smallest absolute Gasteiger partial charge is 0.0143 e. The average Bonchev–Trinajstić information content (AvgIpc) is 1.59. The van der Waals surface area contributed by atoms with Crippen LogP contribution in [-0.4, -0.2) is 3.92 Å². The third-order valence-corrected chi connectivity index (χ3v) is 3.90. The zero-order chi connectivity index (χ0) is 4.85. The standard InChI is InChI=1S/C6H9I/c7-6-3-4-1-2-5(4)6/h4-6H,1-3H2/t4-,5?,6-/m0/s1. The first-order valence-electron chi connectivity index (χ1n) is 3.02. The van der Waals surface area contributed by atoms with Crippen LogP contribution in [-0.2, 0) is 0 Å². The van der Waals surface area contributed by atoms with E-state index in [1.807, 2.05) is 0 Å². The van der Waals surface area contributed by atoms with E-state index >= 15 is 0 Å². The van der Waals surface area contributed by atoms with Gasteiger partial charge in [-0.3, -0.25) is 0 Å². The number of fused-ring (bicyclic) bond motifs is 1. The summed E-state index contributed by atoms with van der Waals surface area (Å²) in [6.45, 7) is 0. The van der Waals surface area contributed by atoms with E-state index in [1.54, 1.807) is 6.42 Å². The van der Waals surface area contributed by atoms with Gasteiger partial charge < -0.3 is 0 Å². The largest absolute Gasteiger partial charge is 0.0823 e. The van der Waals surface area contributed by atoms with Gasteiger partial charge in [-0.25, -0.2) is 0 Å². The molecule has 0 aromatic heterocycles. The molecule has 2 aliphatic rings. The zero-order valence-electron chi connectivity index (χ0n) is 4.23. The highest BCUT2D eigenvalue weighted by atomic mass is 127. The lowest BCUT2D eigenvalue weighted by Crippen LogP contribution is -2.44. The summed E-state index contributed by atoms with van der Waals surface area (Å²) in [4.78, 5) is 0. The van der Waals surface area contributed by atoms with Gasteiger partial charge in [0.15, 0.2) is 0 Å². The quantitative estimate of drug-likeness (QED) is 0.423. The highest BCUT2D eigenvalue weighted by Gasteiger charge is 2.45. The van der Waals surface area contributed by atoms with E-state index in [1.165, 1.54) is 24.7 Å². The van der Waals surface area contributed by atoms with Crippen molar-refractivity contribution in [1.29, 1.82) is 0 Å². The van der Waals surface area contributed by atoms with Crippen LogP contribution in [0.25, 0.3) is 0 Å². The molecular weight excluding hydrogens is 199 g/mol. The normalized spacial score (nSPS) is 57.0. The maximum Gasteiger partial charge on any atom is 0.0143 e. The zero-order valence-corrected chi connectivity index (χ0v) is 6.39. The molecule has 40 valence electrons. The summed E-state index contributed by atoms with van der Waals surface area (Å²) in [5.41, 5.74) is 0. The number of halogens is 1. The topological polar surface area (TPSA) is 0 Å². The Bertz CT molecular complexity index is 86.2. The van der Waals surface area contributed by atoms with Crippen LogP contribution >= 0.6 is 22.6 Å². The summed E-state index contributed by atoms with van der Waals surface area (Å²) in [6.07, 6.45) is 4.62. The van der Waals surface area contributed by atoms with E-state index in [0.717, 1.165) is 3.92 Å². The number of hydrogen-bond donors (Lipinski definition) is 0. The van der Waals surface area contributed by atoms with Crippen LogP contribution in [0.5, 0.6) is 0 Å². The van der Waals surface area contributed by atoms with E-state index in [9.17, 15) is 0 Å². The van der Waals surface area contributed by atoms with E-state index in [0.29, 0.717) is 0 Å². The van der Waals surface area contributed by atoms with Crippen LogP contribution < -0.4 is 0 Å². The minimum absolute atomic E-state index is 1.07. The summed E-state index contributed by atoms with van der Waals surface area (Å²) >= 11 is 2.59. The SMILES string of the molecule is I[C@H]1C[C@@H]2CCC21. The molecular formula is C6H9I. The Morgan fingerprint density at radius 3 is 2.14 bits per heavy atom. The van der Waals surface area contributed by atoms with Crippen LogP contribution in [0.1, 0.15) is 19.3 Å². The fourth-order valence-electron chi connectivity index (χ4n) is 1.63. The molecule has 7 heavy (non-hydrogen) atoms. The van der Waals surface area contributed by atoms with Crippen LogP contribution in [0, 0.1) is 11.8 Å². The molecule has 0 radical (unpaired) electrons. The van der Waals surface area contributed by atoms with E-state index < -0.39 is 0 Å². The second kappa shape index (κ2) is 1.36. The molecule has 0 nitrogen and oxygen atoms in total. The van der Waals surface area contributed by atoms with Gasteiger partial charge >= 0.3 is 0 Å². The van der Waals surface area contributed by atoms with Gasteiger partial charge in [-0.15, -0.1) is 0 Å². The van der Waals surface area contributed by atoms with Gasteiger partial charge in [-0.2, -0.15) is 0 Å². The highest BCUT2D eigenvalue weighted by molar-refractivity contribution is 14.1. The maximum atomic E-state index is 2.59. The lowest BCUT2D eigenvalue weighted by atomic mass is 9.60. The van der Waals surface area contributed by atoms with Crippen molar-refractivity contribution in [1.82, 2.24) is 0 Å². The molecule has 0 aliphatic heterocycles. The van der Waals surface area contributed by atoms with Crippen LogP contribution in [0.15, 0.2) is 0 Å². The molecule has 1 unspecified atom stereocenters. The lowest BCUT2D eigenvalue weighted by molar-refractivity contribution is 0.0728. The summed E-state index contributed by atoms with van der Waals surface area (Å²) in [5.74, 6) is 2.35. The first-order chi connectivity index (χ1) is 3.38. The highest BCUT2D eigenvalue weighted by Crippen LogP contribution is 2.53. The predicted octanol–water partition coefficient (Wildman–Crippen LogP) is 2.22. The van der Waals surface area contributed by atoms with Crippen molar-refractivity contribution in [2.45, 2.75) is 23.2 Å². The Morgan fingerprint density at radius 2 is 2.14 bits per heavy atom. The molecule has 0 aromatic rings. The second-order valence-electron chi connectivity index (χ2n) is 2.75. The third-order valence-electron chi connectivity index (χ3n) is 2.47. The molecule has 0 spiro atoms. The van der Waals surface area contributed by atoms with Crippen molar-refractivity contribution in [3.63, 3.8) is 0 Å². The van der Waals surface area contributed by atoms with Crippen molar-refractivity contribution in [3.05, 3.63) is 0 Å². The summed E-state index contributed by atoms with van der Waals surface area (Å²) in [6, 6.07) is 0. The van der Waals surface area contributed by atoms with Gasteiger partial charge in [0, 0.05) is 3.92 Å². The first kappa shape index (κ1) is 4.59. The third kappa shape index (κ3) is 0.479. The minimum atomic E-state index is 1.07. The Morgan fingerprint density at radius 1 is 1.29 bits per heavy atom. The van der Waals surface area contributed by atoms with Gasteiger partial charge in [-0.1, -0.05) is 22.6 Å². The Labute approximate surface area is 57.8 Å². The maximum absolute atomic E-state index is 2.59. The Hall–Kier alpha value is 0.730. The molecule has 2 rings (SSSR count). The number of alkyl halides is 1. The molecule has 3 atom stereocenters. The van der Waals surface area contributed by atoms with Crippen LogP contribution in [0.3, 0.4) is 0 Å². The van der Waals surface area contributed by atoms with Crippen LogP contribution in [0.2, 0.25) is 0 Å². The van der Waals surface area contributed by atoms with Crippen molar-refractivity contribution in [2.24, 2.45) is 11.8 Å². The molecule has 2 fully saturated rings. The van der Waals surface area contributed by atoms with Crippen molar-refractivity contribution < 1.29 is 0 Å². The molecule has 0 bridgehead atoms. The van der Waals surface area contributed by atoms with Gasteiger partial charge in [-0.05, 0) is 31.1 Å². The second-order valence-corrected chi connectivity index (χ2v) is 4.35. The summed E-state index contributed by atoms with van der Waals surface area (Å²) < 4.78 is 1.07. The van der Waals surface area contributed by atoms with Gasteiger partial charge in [0.2, 0.25) is 0 Å². The van der Waals surface area contributed by atoms with Gasteiger partial charge in [0.05, 0.1) is 0 Å². The van der Waals surface area contributed by atoms with Gasteiger partial charge in [0.25, 0.3) is 0 Å². The molecule has 0 saturated heterocycles. The average molecular weight is 208 g/mol. The Balaban J connectivity index is 1.99. The van der Waals surface area contributed by atoms with Crippen LogP contribution in [0.4, 0.5) is 0 Å². The fourth-order valence-corrected chi connectivity index (χ4v) is 3.23. The number of hydrogen-bond acceptors (Lipinski definition) is 0. The lowest BCUT2D eigenvalue weighted by Gasteiger charge is -2.50. The van der Waals surface area contributed by atoms with Crippen molar-refractivity contribution in [2.75, 3.05) is 0 Å². The fraction of sp³-hybridized carbons (Fsp3) is 1.00. The monoisotopic (exact) mass is 208 g/mol. The van der Waals surface area contributed by atoms with Crippen molar-refractivity contribution in [3.8, 4) is 0 Å². The van der Waals surface area contributed by atoms with Gasteiger partial charge in [0.1, 0.15) is 0 Å².